The molecule has 0 radical (unpaired) electrons. The highest BCUT2D eigenvalue weighted by Crippen LogP contribution is 2.36. The molecular weight excluding hydrogens is 232 g/mol. The van der Waals surface area contributed by atoms with Crippen LogP contribution in [0.5, 0.6) is 0 Å². The maximum Gasteiger partial charge on any atom is 0.0865 e. The van der Waals surface area contributed by atoms with E-state index in [2.05, 4.69) is 82.6 Å². The summed E-state index contributed by atoms with van der Waals surface area (Å²) in [5, 5.41) is 0.384. The minimum Gasteiger partial charge on any atom is -0.125 e. The molecule has 1 aromatic carbocycles. The fraction of sp³-hybridized carbons (Fsp3) is 0.471. The van der Waals surface area contributed by atoms with E-state index >= 15 is 0 Å². The topological polar surface area (TPSA) is 0 Å². The summed E-state index contributed by atoms with van der Waals surface area (Å²) in [5.74, 6) is 0. The number of hydrogen-bond acceptors (Lipinski definition) is 0. The van der Waals surface area contributed by atoms with Crippen LogP contribution >= 0.6 is 0 Å². The van der Waals surface area contributed by atoms with Crippen LogP contribution in [0.2, 0.25) is 18.1 Å². The van der Waals surface area contributed by atoms with Crippen LogP contribution in [-0.4, -0.2) is 8.07 Å². The van der Waals surface area contributed by atoms with Crippen molar-refractivity contribution < 1.29 is 0 Å². The Labute approximate surface area is 113 Å². The van der Waals surface area contributed by atoms with Crippen LogP contribution in [0.1, 0.15) is 39.7 Å². The molecule has 0 bridgehead atoms. The summed E-state index contributed by atoms with van der Waals surface area (Å²) in [6, 6.07) is 10.6. The highest BCUT2D eigenvalue weighted by Gasteiger charge is 2.32. The summed E-state index contributed by atoms with van der Waals surface area (Å²) in [7, 11) is -1.37. The van der Waals surface area contributed by atoms with Gasteiger partial charge in [-0.1, -0.05) is 76.8 Å². The lowest BCUT2D eigenvalue weighted by Gasteiger charge is -2.33. The minimum absolute atomic E-state index is 0.384. The van der Waals surface area contributed by atoms with Crippen LogP contribution in [0, 0.1) is 0 Å². The van der Waals surface area contributed by atoms with Crippen molar-refractivity contribution in [2.75, 3.05) is 0 Å². The molecule has 0 saturated heterocycles. The van der Waals surface area contributed by atoms with Crippen molar-refractivity contribution in [2.24, 2.45) is 0 Å². The number of rotatable bonds is 3. The molecule has 0 atom stereocenters. The van der Waals surface area contributed by atoms with Gasteiger partial charge in [0.05, 0.1) is 8.07 Å². The molecule has 0 heterocycles. The predicted octanol–water partition coefficient (Wildman–Crippen LogP) is 5.68. The van der Waals surface area contributed by atoms with E-state index < -0.39 is 8.07 Å². The van der Waals surface area contributed by atoms with Crippen LogP contribution in [0.25, 0.3) is 5.57 Å². The van der Waals surface area contributed by atoms with E-state index in [0.717, 1.165) is 6.42 Å². The smallest absolute Gasteiger partial charge is 0.0865 e. The van der Waals surface area contributed by atoms with Gasteiger partial charge in [-0.25, -0.2) is 0 Å². The van der Waals surface area contributed by atoms with Gasteiger partial charge < -0.3 is 0 Å². The van der Waals surface area contributed by atoms with Crippen molar-refractivity contribution in [2.45, 2.75) is 52.2 Å². The fourth-order valence-electron chi connectivity index (χ4n) is 1.51. The quantitative estimate of drug-likeness (QED) is 0.483. The van der Waals surface area contributed by atoms with Crippen molar-refractivity contribution in [1.29, 1.82) is 0 Å². The molecule has 0 aliphatic heterocycles. The lowest BCUT2D eigenvalue weighted by Crippen LogP contribution is -2.34. The van der Waals surface area contributed by atoms with Crippen molar-refractivity contribution >= 4 is 13.6 Å². The molecule has 0 aliphatic rings. The molecule has 98 valence electrons. The van der Waals surface area contributed by atoms with E-state index in [1.807, 2.05) is 0 Å². The molecule has 1 aromatic rings. The van der Waals surface area contributed by atoms with Gasteiger partial charge in [0, 0.05) is 5.57 Å². The average Bonchev–Trinajstić information content (AvgIpc) is 2.29. The SMILES string of the molecule is CCC(=C=C[Si](C)(C)C(C)(C)C)c1ccccc1. The molecule has 1 heteroatoms. The number of hydrogen-bond donors (Lipinski definition) is 0. The van der Waals surface area contributed by atoms with Crippen LogP contribution < -0.4 is 0 Å². The molecule has 0 aromatic heterocycles. The van der Waals surface area contributed by atoms with Gasteiger partial charge in [0.15, 0.2) is 0 Å². The van der Waals surface area contributed by atoms with Crippen molar-refractivity contribution in [3.63, 3.8) is 0 Å². The van der Waals surface area contributed by atoms with Gasteiger partial charge in [-0.3, -0.25) is 0 Å². The zero-order valence-corrected chi connectivity index (χ0v) is 13.7. The zero-order chi connectivity index (χ0) is 13.8. The monoisotopic (exact) mass is 258 g/mol. The van der Waals surface area contributed by atoms with Crippen LogP contribution in [-0.2, 0) is 0 Å². The third-order valence-corrected chi connectivity index (χ3v) is 8.75. The zero-order valence-electron chi connectivity index (χ0n) is 12.7. The number of allylic oxidation sites excluding steroid dienone is 1. The maximum atomic E-state index is 3.59. The van der Waals surface area contributed by atoms with Crippen LogP contribution in [0.4, 0.5) is 0 Å². The summed E-state index contributed by atoms with van der Waals surface area (Å²) < 4.78 is 0. The lowest BCUT2D eigenvalue weighted by atomic mass is 10.1. The third kappa shape index (κ3) is 3.73. The number of benzene rings is 1. The predicted molar refractivity (Wildman–Crippen MR) is 85.4 cm³/mol. The lowest BCUT2D eigenvalue weighted by molar-refractivity contribution is 0.729. The maximum absolute atomic E-state index is 3.59. The molecule has 0 saturated carbocycles. The van der Waals surface area contributed by atoms with Gasteiger partial charge in [0.2, 0.25) is 0 Å². The highest BCUT2D eigenvalue weighted by atomic mass is 28.3. The van der Waals surface area contributed by atoms with E-state index in [1.54, 1.807) is 0 Å². The van der Waals surface area contributed by atoms with Gasteiger partial charge >= 0.3 is 0 Å². The Morgan fingerprint density at radius 2 is 1.72 bits per heavy atom. The van der Waals surface area contributed by atoms with Crippen molar-refractivity contribution in [1.82, 2.24) is 0 Å². The van der Waals surface area contributed by atoms with E-state index in [0.29, 0.717) is 5.04 Å². The molecule has 0 nitrogen and oxygen atoms in total. The largest absolute Gasteiger partial charge is 0.125 e. The molecule has 1 rings (SSSR count). The van der Waals surface area contributed by atoms with E-state index in [-0.39, 0.29) is 0 Å². The Morgan fingerprint density at radius 3 is 2.17 bits per heavy atom. The van der Waals surface area contributed by atoms with Gasteiger partial charge in [0.25, 0.3) is 0 Å². The standard InChI is InChI=1S/C17H26Si/c1-7-15(16-11-9-8-10-12-16)13-14-18(5,6)17(2,3)4/h8-12,14H,7H2,1-6H3. The van der Waals surface area contributed by atoms with Crippen LogP contribution in [0.15, 0.2) is 41.8 Å². The first-order valence-electron chi connectivity index (χ1n) is 6.80. The molecule has 0 unspecified atom stereocenters. The second-order valence-electron chi connectivity index (χ2n) is 6.46. The van der Waals surface area contributed by atoms with Crippen LogP contribution in [0.3, 0.4) is 0 Å². The van der Waals surface area contributed by atoms with E-state index in [1.165, 1.54) is 11.1 Å². The van der Waals surface area contributed by atoms with Gasteiger partial charge in [-0.15, -0.1) is 5.73 Å². The van der Waals surface area contributed by atoms with Gasteiger partial charge in [-0.2, -0.15) is 0 Å². The highest BCUT2D eigenvalue weighted by molar-refractivity contribution is 6.84. The fourth-order valence-corrected chi connectivity index (χ4v) is 2.48. The minimum atomic E-state index is -1.37. The van der Waals surface area contributed by atoms with E-state index in [9.17, 15) is 0 Å². The normalized spacial score (nSPS) is 11.9. The Balaban J connectivity index is 3.14. The first-order valence-corrected chi connectivity index (χ1v) is 9.88. The Morgan fingerprint density at radius 1 is 1.17 bits per heavy atom. The van der Waals surface area contributed by atoms with E-state index in [4.69, 9.17) is 0 Å². The summed E-state index contributed by atoms with van der Waals surface area (Å²) in [4.78, 5) is 0. The Bertz CT molecular complexity index is 440. The molecule has 0 N–H and O–H groups in total. The summed E-state index contributed by atoms with van der Waals surface area (Å²) >= 11 is 0. The third-order valence-electron chi connectivity index (χ3n) is 4.02. The second-order valence-corrected chi connectivity index (χ2v) is 11.7. The average molecular weight is 258 g/mol. The van der Waals surface area contributed by atoms with Crippen molar-refractivity contribution in [3.8, 4) is 0 Å². The summed E-state index contributed by atoms with van der Waals surface area (Å²) in [5.41, 5.74) is 8.58. The molecule has 0 amide bonds. The van der Waals surface area contributed by atoms with Gasteiger partial charge in [-0.05, 0) is 17.0 Å². The molecule has 0 spiro atoms. The second kappa shape index (κ2) is 5.73. The van der Waals surface area contributed by atoms with Crippen molar-refractivity contribution in [3.05, 3.63) is 47.3 Å². The first kappa shape index (κ1) is 15.0. The molecule has 18 heavy (non-hydrogen) atoms. The Hall–Kier alpha value is -1.04. The molecule has 0 fully saturated rings. The Kier molecular flexibility index (Phi) is 4.78. The first-order chi connectivity index (χ1) is 8.28. The molecule has 0 aliphatic carbocycles. The molecular formula is C17H26Si. The summed E-state index contributed by atoms with van der Waals surface area (Å²) in [6.45, 7) is 14.0. The van der Waals surface area contributed by atoms with Gasteiger partial charge in [0.1, 0.15) is 0 Å². The summed E-state index contributed by atoms with van der Waals surface area (Å²) in [6.07, 6.45) is 1.04.